The van der Waals surface area contributed by atoms with E-state index in [1.165, 1.54) is 6.92 Å². The molecule has 3 fully saturated rings. The molecular formula is C18H32O14. The number of hydrogen-bond acceptors (Lipinski definition) is 14. The van der Waals surface area contributed by atoms with Crippen LogP contribution in [0.1, 0.15) is 6.92 Å². The Kier molecular flexibility index (Phi) is 7.81. The van der Waals surface area contributed by atoms with E-state index in [1.54, 1.807) is 0 Å². The minimum Gasteiger partial charge on any atom is -0.394 e. The fraction of sp³-hybridized carbons (Fsp3) is 1.00. The molecule has 11 N–H and O–H groups in total. The molecule has 3 unspecified atom stereocenters. The van der Waals surface area contributed by atoms with Gasteiger partial charge in [-0.05, 0) is 6.92 Å². The molecule has 3 rings (SSSR count). The van der Waals surface area contributed by atoms with Gasteiger partial charge in [-0.1, -0.05) is 0 Å². The van der Waals surface area contributed by atoms with E-state index < -0.39 is 104 Å². The number of hydrogen-bond donors (Lipinski definition) is 11. The normalized spacial score (nSPS) is 57.4. The Morgan fingerprint density at radius 2 is 1.09 bits per heavy atom. The molecule has 3 heterocycles. The van der Waals surface area contributed by atoms with Crippen molar-refractivity contribution in [2.75, 3.05) is 13.2 Å². The molecular weight excluding hydrogens is 440 g/mol. The summed E-state index contributed by atoms with van der Waals surface area (Å²) in [6.45, 7) is -0.330. The highest BCUT2D eigenvalue weighted by Crippen LogP contribution is 2.42. The molecule has 3 saturated heterocycles. The van der Waals surface area contributed by atoms with E-state index in [2.05, 4.69) is 0 Å². The van der Waals surface area contributed by atoms with Crippen LogP contribution >= 0.6 is 0 Å². The van der Waals surface area contributed by atoms with Crippen molar-refractivity contribution in [2.45, 2.75) is 98.0 Å². The molecule has 188 valence electrons. The Morgan fingerprint density at radius 3 is 1.62 bits per heavy atom. The van der Waals surface area contributed by atoms with Gasteiger partial charge in [0.05, 0.1) is 19.3 Å². The first-order chi connectivity index (χ1) is 14.9. The number of rotatable bonds is 4. The van der Waals surface area contributed by atoms with Crippen molar-refractivity contribution in [3.05, 3.63) is 0 Å². The van der Waals surface area contributed by atoms with E-state index in [0.717, 1.165) is 0 Å². The highest BCUT2D eigenvalue weighted by molar-refractivity contribution is 5.15. The molecule has 0 saturated carbocycles. The third-order valence-corrected chi connectivity index (χ3v) is 6.67. The first-order valence-electron chi connectivity index (χ1n) is 10.3. The van der Waals surface area contributed by atoms with E-state index in [9.17, 15) is 56.2 Å². The molecule has 14 heteroatoms. The summed E-state index contributed by atoms with van der Waals surface area (Å²) in [5.74, 6) is 0. The van der Waals surface area contributed by atoms with Crippen molar-refractivity contribution in [3.63, 3.8) is 0 Å². The molecule has 15 atom stereocenters. The molecule has 0 aromatic heterocycles. The Bertz CT molecular complexity index is 635. The maximum absolute atomic E-state index is 11.6. The molecule has 14 nitrogen and oxygen atoms in total. The summed E-state index contributed by atoms with van der Waals surface area (Å²) >= 11 is 0. The quantitative estimate of drug-likeness (QED) is 0.182. The number of aliphatic hydroxyl groups is 11. The topological polar surface area (TPSA) is 250 Å². The van der Waals surface area contributed by atoms with Gasteiger partial charge in [0.2, 0.25) is 0 Å². The zero-order valence-electron chi connectivity index (χ0n) is 17.1. The van der Waals surface area contributed by atoms with Gasteiger partial charge < -0.3 is 70.4 Å². The summed E-state index contributed by atoms with van der Waals surface area (Å²) in [5.41, 5.74) is -2.84. The van der Waals surface area contributed by atoms with Gasteiger partial charge in [0.1, 0.15) is 79.4 Å². The van der Waals surface area contributed by atoms with Crippen LogP contribution in [0.2, 0.25) is 0 Å². The maximum atomic E-state index is 11.6. The third kappa shape index (κ3) is 3.97. The standard InChI is InChI=1S/C18H32O14/c1-4-7(21)15(28)18(29,16-13(27)11(25)9(23)6(3-20)32-16)17(30-4)14-12(26)10(24)8(22)5(2-19)31-14/h4-17,19-29H,2-3H2,1H3/t4-,5-,6-,7-,8-,9-,10+,11+,12-,13-,14?,15+,16?,17?,18-/m1/s1. The Labute approximate surface area is 182 Å². The molecule has 3 aliphatic heterocycles. The average molecular weight is 472 g/mol. The third-order valence-electron chi connectivity index (χ3n) is 6.67. The maximum Gasteiger partial charge on any atom is 0.150 e. The molecule has 0 spiro atoms. The summed E-state index contributed by atoms with van der Waals surface area (Å²) in [4.78, 5) is 0. The first-order valence-corrected chi connectivity index (χ1v) is 10.3. The van der Waals surface area contributed by atoms with E-state index in [4.69, 9.17) is 14.2 Å². The van der Waals surface area contributed by atoms with E-state index >= 15 is 0 Å². The van der Waals surface area contributed by atoms with Gasteiger partial charge in [-0.3, -0.25) is 0 Å². The zero-order chi connectivity index (χ0) is 24.1. The number of ether oxygens (including phenoxy) is 3. The van der Waals surface area contributed by atoms with Crippen molar-refractivity contribution in [3.8, 4) is 0 Å². The molecule has 32 heavy (non-hydrogen) atoms. The summed E-state index contributed by atoms with van der Waals surface area (Å²) in [6.07, 6.45) is -24.9. The fourth-order valence-corrected chi connectivity index (χ4v) is 4.65. The monoisotopic (exact) mass is 472 g/mol. The fourth-order valence-electron chi connectivity index (χ4n) is 4.65. The Balaban J connectivity index is 2.05. The van der Waals surface area contributed by atoms with E-state index in [-0.39, 0.29) is 0 Å². The molecule has 0 aromatic rings. The van der Waals surface area contributed by atoms with Crippen LogP contribution in [-0.4, -0.2) is 160 Å². The van der Waals surface area contributed by atoms with Crippen molar-refractivity contribution < 1.29 is 70.4 Å². The summed E-state index contributed by atoms with van der Waals surface area (Å²) in [7, 11) is 0. The van der Waals surface area contributed by atoms with Gasteiger partial charge in [-0.15, -0.1) is 0 Å². The van der Waals surface area contributed by atoms with E-state index in [0.29, 0.717) is 0 Å². The number of aliphatic hydroxyl groups excluding tert-OH is 10. The van der Waals surface area contributed by atoms with Crippen LogP contribution in [0.15, 0.2) is 0 Å². The second kappa shape index (κ2) is 9.59. The zero-order valence-corrected chi connectivity index (χ0v) is 17.1. The van der Waals surface area contributed by atoms with E-state index in [1.807, 2.05) is 0 Å². The van der Waals surface area contributed by atoms with Gasteiger partial charge in [0.15, 0.2) is 5.60 Å². The van der Waals surface area contributed by atoms with Gasteiger partial charge in [0, 0.05) is 0 Å². The van der Waals surface area contributed by atoms with Gasteiger partial charge >= 0.3 is 0 Å². The average Bonchev–Trinajstić information content (AvgIpc) is 2.77. The van der Waals surface area contributed by atoms with Crippen LogP contribution in [-0.2, 0) is 14.2 Å². The van der Waals surface area contributed by atoms with Crippen LogP contribution in [0, 0.1) is 0 Å². The molecule has 0 bridgehead atoms. The van der Waals surface area contributed by atoms with Crippen LogP contribution in [0.4, 0.5) is 0 Å². The minimum atomic E-state index is -2.84. The van der Waals surface area contributed by atoms with Crippen molar-refractivity contribution in [2.24, 2.45) is 0 Å². The lowest BCUT2D eigenvalue weighted by Crippen LogP contribution is -2.79. The lowest BCUT2D eigenvalue weighted by Gasteiger charge is -2.57. The Morgan fingerprint density at radius 1 is 0.594 bits per heavy atom. The van der Waals surface area contributed by atoms with Crippen molar-refractivity contribution in [1.29, 1.82) is 0 Å². The second-order valence-corrected chi connectivity index (χ2v) is 8.63. The van der Waals surface area contributed by atoms with Crippen molar-refractivity contribution >= 4 is 0 Å². The minimum absolute atomic E-state index is 0.798. The lowest BCUT2D eigenvalue weighted by molar-refractivity contribution is -0.367. The van der Waals surface area contributed by atoms with Crippen LogP contribution in [0.25, 0.3) is 0 Å². The molecule has 0 aromatic carbocycles. The second-order valence-electron chi connectivity index (χ2n) is 8.63. The van der Waals surface area contributed by atoms with Gasteiger partial charge in [0.25, 0.3) is 0 Å². The van der Waals surface area contributed by atoms with Crippen LogP contribution < -0.4 is 0 Å². The van der Waals surface area contributed by atoms with Gasteiger partial charge in [-0.2, -0.15) is 0 Å². The summed E-state index contributed by atoms with van der Waals surface area (Å²) in [6, 6.07) is 0. The predicted octanol–water partition coefficient (Wildman–Crippen LogP) is -7.09. The van der Waals surface area contributed by atoms with Crippen molar-refractivity contribution in [1.82, 2.24) is 0 Å². The molecule has 0 amide bonds. The molecule has 0 radical (unpaired) electrons. The first kappa shape index (κ1) is 26.1. The molecule has 0 aliphatic carbocycles. The Hall–Kier alpha value is -0.560. The van der Waals surface area contributed by atoms with Gasteiger partial charge in [-0.25, -0.2) is 0 Å². The smallest absolute Gasteiger partial charge is 0.150 e. The van der Waals surface area contributed by atoms with Crippen LogP contribution in [0.5, 0.6) is 0 Å². The molecule has 3 aliphatic rings. The SMILES string of the molecule is C[C@H]1OC(C2O[C@H](CO)[C@@H](O)[C@H](O)[C@H]2O)[C@](O)(C2O[C@H](CO)[C@@H](O)[C@H](O)[C@H]2O)[C@@H](O)[C@@H]1O. The summed E-state index contributed by atoms with van der Waals surface area (Å²) < 4.78 is 16.4. The highest BCUT2D eigenvalue weighted by Gasteiger charge is 2.67. The highest BCUT2D eigenvalue weighted by atomic mass is 16.6. The summed E-state index contributed by atoms with van der Waals surface area (Å²) in [5, 5.41) is 113. The largest absolute Gasteiger partial charge is 0.394 e. The lowest BCUT2D eigenvalue weighted by atomic mass is 9.71. The van der Waals surface area contributed by atoms with Crippen LogP contribution in [0.3, 0.4) is 0 Å². The predicted molar refractivity (Wildman–Crippen MR) is 98.8 cm³/mol.